The van der Waals surface area contributed by atoms with Gasteiger partial charge in [-0.05, 0) is 50.6 Å². The Hall–Kier alpha value is -2.69. The third-order valence-corrected chi connectivity index (χ3v) is 7.96. The van der Waals surface area contributed by atoms with Crippen LogP contribution in [-0.4, -0.2) is 56.8 Å². The Labute approximate surface area is 214 Å². The van der Waals surface area contributed by atoms with E-state index in [-0.39, 0.29) is 30.7 Å². The molecule has 0 radical (unpaired) electrons. The molecular weight excluding hydrogens is 517 g/mol. The number of carbonyl (C=O) groups excluding carboxylic acids is 2. The van der Waals surface area contributed by atoms with Crippen molar-refractivity contribution in [1.29, 1.82) is 0 Å². The van der Waals surface area contributed by atoms with E-state index in [9.17, 15) is 18.0 Å². The highest BCUT2D eigenvalue weighted by atomic mass is 35.5. The molecule has 0 saturated heterocycles. The number of hydrogen-bond acceptors (Lipinski definition) is 6. The summed E-state index contributed by atoms with van der Waals surface area (Å²) in [5.41, 5.74) is 0.890. The number of carbonyl (C=O) groups is 2. The van der Waals surface area contributed by atoms with Gasteiger partial charge in [-0.2, -0.15) is 0 Å². The van der Waals surface area contributed by atoms with E-state index in [0.717, 1.165) is 4.31 Å². The van der Waals surface area contributed by atoms with Gasteiger partial charge in [-0.1, -0.05) is 29.3 Å². The van der Waals surface area contributed by atoms with E-state index in [2.05, 4.69) is 5.32 Å². The van der Waals surface area contributed by atoms with Crippen LogP contribution in [0.2, 0.25) is 10.0 Å². The smallest absolute Gasteiger partial charge is 0.244 e. The number of amides is 2. The number of halogens is 2. The lowest BCUT2D eigenvalue weighted by Gasteiger charge is -2.32. The maximum absolute atomic E-state index is 13.6. The summed E-state index contributed by atoms with van der Waals surface area (Å²) in [5, 5.41) is 3.36. The van der Waals surface area contributed by atoms with E-state index in [1.165, 1.54) is 17.9 Å². The van der Waals surface area contributed by atoms with Crippen LogP contribution in [-0.2, 0) is 26.2 Å². The predicted molar refractivity (Wildman–Crippen MR) is 135 cm³/mol. The summed E-state index contributed by atoms with van der Waals surface area (Å²) in [5.74, 6) is -0.291. The quantitative estimate of drug-likeness (QED) is 0.492. The normalized spacial score (nSPS) is 13.3. The van der Waals surface area contributed by atoms with Gasteiger partial charge in [-0.3, -0.25) is 13.9 Å². The Kier molecular flexibility index (Phi) is 8.74. The third-order valence-electron chi connectivity index (χ3n) is 5.48. The van der Waals surface area contributed by atoms with Gasteiger partial charge < -0.3 is 19.7 Å². The summed E-state index contributed by atoms with van der Waals surface area (Å²) >= 11 is 12.1. The molecule has 2 aromatic carbocycles. The number of sulfonamides is 1. The highest BCUT2D eigenvalue weighted by Crippen LogP contribution is 2.36. The standard InChI is InChI=1S/C23H27Cl2N3O6S/c1-4-26-23(30)15(3)27(12-16-6-8-18(24)19(25)10-16)22(29)13-28(35(31,32)5-2)17-7-9-20-21(11-17)34-14-33-20/h6-11,15H,4-5,12-14H2,1-3H3,(H,26,30)/t15-/m0/s1. The second-order valence-corrected chi connectivity index (χ2v) is 10.8. The van der Waals surface area contributed by atoms with Crippen molar-refractivity contribution in [1.82, 2.24) is 10.2 Å². The molecule has 3 rings (SSSR count). The lowest BCUT2D eigenvalue weighted by molar-refractivity contribution is -0.139. The molecule has 0 spiro atoms. The minimum atomic E-state index is -3.85. The second kappa shape index (κ2) is 11.4. The van der Waals surface area contributed by atoms with Gasteiger partial charge in [0.05, 0.1) is 21.5 Å². The van der Waals surface area contributed by atoms with Crippen LogP contribution in [0.25, 0.3) is 0 Å². The van der Waals surface area contributed by atoms with Crippen molar-refractivity contribution in [3.63, 3.8) is 0 Å². The summed E-state index contributed by atoms with van der Waals surface area (Å²) in [6, 6.07) is 8.66. The van der Waals surface area contributed by atoms with Crippen molar-refractivity contribution in [2.45, 2.75) is 33.4 Å². The topological polar surface area (TPSA) is 105 Å². The molecule has 0 bridgehead atoms. The molecule has 1 aliphatic heterocycles. The van der Waals surface area contributed by atoms with Crippen molar-refractivity contribution in [3.05, 3.63) is 52.0 Å². The number of nitrogens with zero attached hydrogens (tertiary/aromatic N) is 2. The van der Waals surface area contributed by atoms with Crippen molar-refractivity contribution in [2.24, 2.45) is 0 Å². The van der Waals surface area contributed by atoms with E-state index >= 15 is 0 Å². The molecule has 0 unspecified atom stereocenters. The van der Waals surface area contributed by atoms with E-state index in [1.54, 1.807) is 44.2 Å². The molecule has 0 aromatic heterocycles. The molecule has 190 valence electrons. The Morgan fingerprint density at radius 3 is 2.43 bits per heavy atom. The zero-order valence-electron chi connectivity index (χ0n) is 19.6. The SMILES string of the molecule is CCNC(=O)[C@H](C)N(Cc1ccc(Cl)c(Cl)c1)C(=O)CN(c1ccc2c(c1)OCO2)S(=O)(=O)CC. The number of benzene rings is 2. The molecule has 1 atom stereocenters. The first-order valence-electron chi connectivity index (χ1n) is 11.0. The molecular formula is C23H27Cl2N3O6S. The van der Waals surface area contributed by atoms with Crippen LogP contribution in [0.1, 0.15) is 26.3 Å². The van der Waals surface area contributed by atoms with Crippen LogP contribution in [0.5, 0.6) is 11.5 Å². The molecule has 1 heterocycles. The van der Waals surface area contributed by atoms with Gasteiger partial charge in [-0.25, -0.2) is 8.42 Å². The summed E-state index contributed by atoms with van der Waals surface area (Å²) in [6.07, 6.45) is 0. The Morgan fingerprint density at radius 2 is 1.77 bits per heavy atom. The zero-order valence-corrected chi connectivity index (χ0v) is 21.9. The van der Waals surface area contributed by atoms with Gasteiger partial charge in [-0.15, -0.1) is 0 Å². The molecule has 0 aliphatic carbocycles. The Balaban J connectivity index is 1.95. The molecule has 0 saturated carbocycles. The van der Waals surface area contributed by atoms with Crippen LogP contribution in [0.4, 0.5) is 5.69 Å². The van der Waals surface area contributed by atoms with Gasteiger partial charge in [0.2, 0.25) is 28.6 Å². The molecule has 12 heteroatoms. The fraction of sp³-hybridized carbons (Fsp3) is 0.391. The summed E-state index contributed by atoms with van der Waals surface area (Å²) in [7, 11) is -3.85. The monoisotopic (exact) mass is 543 g/mol. The van der Waals surface area contributed by atoms with Crippen LogP contribution in [0.3, 0.4) is 0 Å². The number of fused-ring (bicyclic) bond motifs is 1. The minimum Gasteiger partial charge on any atom is -0.454 e. The van der Waals surface area contributed by atoms with Crippen LogP contribution < -0.4 is 19.1 Å². The number of anilines is 1. The first kappa shape index (κ1) is 26.9. The second-order valence-electron chi connectivity index (χ2n) is 7.79. The van der Waals surface area contributed by atoms with Crippen molar-refractivity contribution in [2.75, 3.05) is 29.9 Å². The lowest BCUT2D eigenvalue weighted by Crippen LogP contribution is -2.51. The predicted octanol–water partition coefficient (Wildman–Crippen LogP) is 3.43. The number of hydrogen-bond donors (Lipinski definition) is 1. The zero-order chi connectivity index (χ0) is 25.8. The molecule has 2 amide bonds. The fourth-order valence-electron chi connectivity index (χ4n) is 3.50. The molecule has 2 aromatic rings. The van der Waals surface area contributed by atoms with Crippen molar-refractivity contribution >= 4 is 50.7 Å². The maximum Gasteiger partial charge on any atom is 0.244 e. The van der Waals surface area contributed by atoms with Crippen LogP contribution >= 0.6 is 23.2 Å². The highest BCUT2D eigenvalue weighted by molar-refractivity contribution is 7.92. The molecule has 35 heavy (non-hydrogen) atoms. The van der Waals surface area contributed by atoms with Gasteiger partial charge in [0.1, 0.15) is 12.6 Å². The van der Waals surface area contributed by atoms with Crippen LogP contribution in [0.15, 0.2) is 36.4 Å². The van der Waals surface area contributed by atoms with Crippen molar-refractivity contribution in [3.8, 4) is 11.5 Å². The van der Waals surface area contributed by atoms with E-state index < -0.39 is 28.5 Å². The summed E-state index contributed by atoms with van der Waals surface area (Å²) in [6.45, 7) is 4.76. The fourth-order valence-corrected chi connectivity index (χ4v) is 4.87. The summed E-state index contributed by atoms with van der Waals surface area (Å²) < 4.78 is 37.6. The first-order valence-corrected chi connectivity index (χ1v) is 13.3. The Bertz CT molecular complexity index is 1210. The van der Waals surface area contributed by atoms with Gasteiger partial charge in [0, 0.05) is 19.2 Å². The van der Waals surface area contributed by atoms with Gasteiger partial charge >= 0.3 is 0 Å². The average Bonchev–Trinajstić information content (AvgIpc) is 3.30. The third kappa shape index (κ3) is 6.31. The molecule has 1 aliphatic rings. The highest BCUT2D eigenvalue weighted by Gasteiger charge is 2.31. The summed E-state index contributed by atoms with van der Waals surface area (Å²) in [4.78, 5) is 27.5. The minimum absolute atomic E-state index is 0.0230. The molecule has 1 N–H and O–H groups in total. The number of nitrogens with one attached hydrogen (secondary N) is 1. The average molecular weight is 544 g/mol. The molecule has 0 fully saturated rings. The number of ether oxygens (including phenoxy) is 2. The van der Waals surface area contributed by atoms with Gasteiger partial charge in [0.15, 0.2) is 11.5 Å². The van der Waals surface area contributed by atoms with E-state index in [0.29, 0.717) is 33.7 Å². The van der Waals surface area contributed by atoms with Crippen LogP contribution in [0, 0.1) is 0 Å². The largest absolute Gasteiger partial charge is 0.454 e. The number of rotatable bonds is 10. The first-order chi connectivity index (χ1) is 16.6. The van der Waals surface area contributed by atoms with Crippen molar-refractivity contribution < 1.29 is 27.5 Å². The maximum atomic E-state index is 13.6. The van der Waals surface area contributed by atoms with Gasteiger partial charge in [0.25, 0.3) is 0 Å². The van der Waals surface area contributed by atoms with E-state index in [1.807, 2.05) is 0 Å². The lowest BCUT2D eigenvalue weighted by atomic mass is 10.1. The Morgan fingerprint density at radius 1 is 1.06 bits per heavy atom. The number of likely N-dealkylation sites (N-methyl/N-ethyl adjacent to an activating group) is 1. The van der Waals surface area contributed by atoms with E-state index in [4.69, 9.17) is 32.7 Å². The molecule has 9 nitrogen and oxygen atoms in total.